The van der Waals surface area contributed by atoms with Gasteiger partial charge in [0.2, 0.25) is 0 Å². The van der Waals surface area contributed by atoms with Gasteiger partial charge in [-0.15, -0.1) is 0 Å². The molecule has 27 heavy (non-hydrogen) atoms. The number of carbonyl (C=O) groups excluding carboxylic acids is 1. The minimum Gasteiger partial charge on any atom is -0.480 e. The lowest BCUT2D eigenvalue weighted by molar-refractivity contribution is -0.138. The number of aliphatic carboxylic acids is 1. The highest BCUT2D eigenvalue weighted by atomic mass is 16.6. The number of hydrogen-bond acceptors (Lipinski definition) is 6. The third kappa shape index (κ3) is 8.90. The van der Waals surface area contributed by atoms with Gasteiger partial charge in [0, 0.05) is 45.8 Å². The Morgan fingerprint density at radius 3 is 2.15 bits per heavy atom. The molecule has 2 aliphatic heterocycles. The number of ether oxygens (including phenoxy) is 1. The van der Waals surface area contributed by atoms with Crippen LogP contribution in [0.3, 0.4) is 0 Å². The zero-order valence-electron chi connectivity index (χ0n) is 17.1. The van der Waals surface area contributed by atoms with Crippen molar-refractivity contribution in [2.45, 2.75) is 39.2 Å². The second kappa shape index (κ2) is 10.2. The molecule has 2 saturated heterocycles. The second-order valence-electron chi connectivity index (χ2n) is 8.68. The van der Waals surface area contributed by atoms with Crippen molar-refractivity contribution in [3.8, 4) is 0 Å². The lowest BCUT2D eigenvalue weighted by atomic mass is 9.96. The minimum absolute atomic E-state index is 0.156. The van der Waals surface area contributed by atoms with Gasteiger partial charge in [-0.3, -0.25) is 9.69 Å². The van der Waals surface area contributed by atoms with Gasteiger partial charge in [0.25, 0.3) is 0 Å². The van der Waals surface area contributed by atoms with E-state index < -0.39 is 11.6 Å². The molecule has 0 atom stereocenters. The number of carboxylic acid groups (broad SMARTS) is 1. The van der Waals surface area contributed by atoms with Crippen molar-refractivity contribution >= 4 is 12.1 Å². The molecule has 0 bridgehead atoms. The summed E-state index contributed by atoms with van der Waals surface area (Å²) in [5.41, 5.74) is -0.457. The van der Waals surface area contributed by atoms with E-state index in [9.17, 15) is 9.59 Å². The number of carbonyl (C=O) groups is 2. The number of rotatable bonds is 7. The second-order valence-corrected chi connectivity index (χ2v) is 8.68. The number of nitrogens with one attached hydrogen (secondary N) is 1. The molecule has 1 amide bonds. The van der Waals surface area contributed by atoms with E-state index in [1.54, 1.807) is 0 Å². The summed E-state index contributed by atoms with van der Waals surface area (Å²) in [5.74, 6) is -0.0249. The molecule has 0 aromatic carbocycles. The molecule has 2 heterocycles. The predicted molar refractivity (Wildman–Crippen MR) is 104 cm³/mol. The van der Waals surface area contributed by atoms with Crippen LogP contribution < -0.4 is 5.32 Å². The largest absolute Gasteiger partial charge is 0.480 e. The molecule has 0 aromatic rings. The third-order valence-electron chi connectivity index (χ3n) is 5.14. The summed E-state index contributed by atoms with van der Waals surface area (Å²) in [7, 11) is 0. The van der Waals surface area contributed by atoms with Gasteiger partial charge in [-0.25, -0.2) is 4.79 Å². The van der Waals surface area contributed by atoms with Crippen molar-refractivity contribution in [3.05, 3.63) is 0 Å². The molecule has 8 heteroatoms. The van der Waals surface area contributed by atoms with Gasteiger partial charge >= 0.3 is 12.1 Å². The number of carboxylic acids is 1. The van der Waals surface area contributed by atoms with Gasteiger partial charge in [0.15, 0.2) is 0 Å². The number of alkyl carbamates (subject to hydrolysis) is 1. The zero-order chi connectivity index (χ0) is 19.9. The number of nitrogens with zero attached hydrogens (tertiary/aromatic N) is 3. The Hall–Kier alpha value is -1.38. The molecular formula is C19H36N4O4. The van der Waals surface area contributed by atoms with Gasteiger partial charge < -0.3 is 25.0 Å². The van der Waals surface area contributed by atoms with Crippen molar-refractivity contribution < 1.29 is 19.4 Å². The first-order valence-corrected chi connectivity index (χ1v) is 10.1. The molecule has 0 spiro atoms. The van der Waals surface area contributed by atoms with Crippen LogP contribution in [0.2, 0.25) is 0 Å². The van der Waals surface area contributed by atoms with E-state index in [0.717, 1.165) is 52.4 Å². The van der Waals surface area contributed by atoms with Crippen LogP contribution in [0.4, 0.5) is 4.79 Å². The van der Waals surface area contributed by atoms with Crippen molar-refractivity contribution in [2.24, 2.45) is 5.92 Å². The Labute approximate surface area is 162 Å². The summed E-state index contributed by atoms with van der Waals surface area (Å²) in [6, 6.07) is 0. The normalized spacial score (nSPS) is 21.1. The number of piperazine rings is 1. The average Bonchev–Trinajstić information content (AvgIpc) is 2.56. The molecule has 8 nitrogen and oxygen atoms in total. The summed E-state index contributed by atoms with van der Waals surface area (Å²) in [4.78, 5) is 29.3. The minimum atomic E-state index is -0.739. The maximum atomic E-state index is 11.7. The summed E-state index contributed by atoms with van der Waals surface area (Å²) < 4.78 is 5.25. The Morgan fingerprint density at radius 1 is 1.00 bits per heavy atom. The van der Waals surface area contributed by atoms with Crippen molar-refractivity contribution in [2.75, 3.05) is 65.4 Å². The monoisotopic (exact) mass is 384 g/mol. The molecule has 0 aliphatic carbocycles. The standard InChI is InChI=1S/C19H36N4O4/c1-19(2,3)27-18(26)20-6-9-21-7-4-16(5-8-21)14-22-10-12-23(13-11-22)15-17(24)25/h16H,4-15H2,1-3H3,(H,20,26)(H,24,25). The van der Waals surface area contributed by atoms with Crippen LogP contribution in [0.5, 0.6) is 0 Å². The Morgan fingerprint density at radius 2 is 1.59 bits per heavy atom. The van der Waals surface area contributed by atoms with Gasteiger partial charge in [-0.2, -0.15) is 0 Å². The highest BCUT2D eigenvalue weighted by molar-refractivity contribution is 5.69. The molecule has 0 unspecified atom stereocenters. The quantitative estimate of drug-likeness (QED) is 0.675. The van der Waals surface area contributed by atoms with Crippen LogP contribution in [-0.4, -0.2) is 103 Å². The fourth-order valence-electron chi connectivity index (χ4n) is 3.71. The van der Waals surface area contributed by atoms with Crippen molar-refractivity contribution in [1.82, 2.24) is 20.0 Å². The average molecular weight is 385 g/mol. The number of hydrogen-bond donors (Lipinski definition) is 2. The van der Waals surface area contributed by atoms with E-state index >= 15 is 0 Å². The topological polar surface area (TPSA) is 85.4 Å². The summed E-state index contributed by atoms with van der Waals surface area (Å²) in [6.07, 6.45) is 2.02. The molecule has 156 valence electrons. The molecule has 0 radical (unpaired) electrons. The predicted octanol–water partition coefficient (Wildman–Crippen LogP) is 0.925. The fraction of sp³-hybridized carbons (Fsp3) is 0.895. The SMILES string of the molecule is CC(C)(C)OC(=O)NCCN1CCC(CN2CCN(CC(=O)O)CC2)CC1. The molecular weight excluding hydrogens is 348 g/mol. The van der Waals surface area contributed by atoms with Crippen LogP contribution in [-0.2, 0) is 9.53 Å². The Balaban J connectivity index is 1.55. The van der Waals surface area contributed by atoms with Crippen molar-refractivity contribution in [3.63, 3.8) is 0 Å². The number of amides is 1. The van der Waals surface area contributed by atoms with E-state index in [-0.39, 0.29) is 12.6 Å². The Bertz CT molecular complexity index is 479. The summed E-state index contributed by atoms with van der Waals surface area (Å²) >= 11 is 0. The van der Waals surface area contributed by atoms with E-state index in [2.05, 4.69) is 15.1 Å². The van der Waals surface area contributed by atoms with Gasteiger partial charge in [0.1, 0.15) is 5.60 Å². The lowest BCUT2D eigenvalue weighted by Gasteiger charge is -2.38. The fourth-order valence-corrected chi connectivity index (χ4v) is 3.71. The maximum Gasteiger partial charge on any atom is 0.407 e. The van der Waals surface area contributed by atoms with Crippen LogP contribution in [0.1, 0.15) is 33.6 Å². The summed E-state index contributed by atoms with van der Waals surface area (Å²) in [6.45, 7) is 14.1. The zero-order valence-corrected chi connectivity index (χ0v) is 17.1. The first-order valence-electron chi connectivity index (χ1n) is 10.1. The smallest absolute Gasteiger partial charge is 0.407 e. The molecule has 0 saturated carbocycles. The van der Waals surface area contributed by atoms with Gasteiger partial charge in [0.05, 0.1) is 6.54 Å². The van der Waals surface area contributed by atoms with Crippen LogP contribution in [0.15, 0.2) is 0 Å². The lowest BCUT2D eigenvalue weighted by Crippen LogP contribution is -2.50. The molecule has 2 fully saturated rings. The van der Waals surface area contributed by atoms with E-state index in [4.69, 9.17) is 9.84 Å². The third-order valence-corrected chi connectivity index (χ3v) is 5.14. The molecule has 2 N–H and O–H groups in total. The van der Waals surface area contributed by atoms with E-state index in [1.165, 1.54) is 12.8 Å². The van der Waals surface area contributed by atoms with Crippen LogP contribution >= 0.6 is 0 Å². The van der Waals surface area contributed by atoms with E-state index in [1.807, 2.05) is 25.7 Å². The first-order chi connectivity index (χ1) is 12.7. The highest BCUT2D eigenvalue weighted by Crippen LogP contribution is 2.19. The van der Waals surface area contributed by atoms with Gasteiger partial charge in [-0.05, 0) is 52.6 Å². The molecule has 0 aromatic heterocycles. The van der Waals surface area contributed by atoms with E-state index in [0.29, 0.717) is 12.5 Å². The van der Waals surface area contributed by atoms with Gasteiger partial charge in [-0.1, -0.05) is 0 Å². The van der Waals surface area contributed by atoms with Crippen LogP contribution in [0, 0.1) is 5.92 Å². The highest BCUT2D eigenvalue weighted by Gasteiger charge is 2.24. The number of likely N-dealkylation sites (tertiary alicyclic amines) is 1. The maximum absolute atomic E-state index is 11.7. The number of piperidine rings is 1. The molecule has 2 rings (SSSR count). The molecule has 2 aliphatic rings. The van der Waals surface area contributed by atoms with Crippen LogP contribution in [0.25, 0.3) is 0 Å². The summed E-state index contributed by atoms with van der Waals surface area (Å²) in [5, 5.41) is 11.7. The van der Waals surface area contributed by atoms with Crippen molar-refractivity contribution in [1.29, 1.82) is 0 Å². The first kappa shape index (κ1) is 21.9. The Kier molecular flexibility index (Phi) is 8.31.